The molecule has 1 aliphatic heterocycles. The van der Waals surface area contributed by atoms with Crippen molar-refractivity contribution < 1.29 is 14.6 Å². The van der Waals surface area contributed by atoms with Crippen LogP contribution < -0.4 is 10.1 Å². The first-order chi connectivity index (χ1) is 7.74. The summed E-state index contributed by atoms with van der Waals surface area (Å²) in [5.74, 6) is 0.577. The van der Waals surface area contributed by atoms with E-state index in [1.165, 1.54) is 7.11 Å². The molecule has 1 aliphatic rings. The Morgan fingerprint density at radius 1 is 1.56 bits per heavy atom. The highest BCUT2D eigenvalue weighted by Gasteiger charge is 2.21. The molecule has 1 unspecified atom stereocenters. The first-order valence-electron chi connectivity index (χ1n) is 5.11. The van der Waals surface area contributed by atoms with Crippen LogP contribution >= 0.6 is 15.9 Å². The first-order valence-corrected chi connectivity index (χ1v) is 5.91. The van der Waals surface area contributed by atoms with E-state index >= 15 is 0 Å². The van der Waals surface area contributed by atoms with E-state index in [0.29, 0.717) is 16.8 Å². The smallest absolute Gasteiger partial charge is 0.172 e. The molecule has 5 heteroatoms. The van der Waals surface area contributed by atoms with Gasteiger partial charge in [0.1, 0.15) is 0 Å². The zero-order valence-electron chi connectivity index (χ0n) is 9.00. The summed E-state index contributed by atoms with van der Waals surface area (Å²) in [6.07, 6.45) is -0.0278. The fraction of sp³-hybridized carbons (Fsp3) is 0.455. The van der Waals surface area contributed by atoms with Crippen molar-refractivity contribution in [3.63, 3.8) is 0 Å². The molecular weight excluding hydrogens is 274 g/mol. The summed E-state index contributed by atoms with van der Waals surface area (Å²) in [4.78, 5) is 0. The largest absolute Gasteiger partial charge is 0.503 e. The van der Waals surface area contributed by atoms with E-state index in [1.54, 1.807) is 6.07 Å². The fourth-order valence-corrected chi connectivity index (χ4v) is 2.32. The molecule has 0 amide bonds. The van der Waals surface area contributed by atoms with Gasteiger partial charge in [-0.1, -0.05) is 6.07 Å². The average Bonchev–Trinajstić information content (AvgIpc) is 2.34. The Hall–Kier alpha value is -0.780. The number of ether oxygens (including phenoxy) is 2. The number of aromatic hydroxyl groups is 1. The van der Waals surface area contributed by atoms with Crippen molar-refractivity contribution in [1.29, 1.82) is 0 Å². The summed E-state index contributed by atoms with van der Waals surface area (Å²) in [7, 11) is 1.53. The zero-order chi connectivity index (χ0) is 11.5. The van der Waals surface area contributed by atoms with Gasteiger partial charge < -0.3 is 19.9 Å². The predicted molar refractivity (Wildman–Crippen MR) is 63.9 cm³/mol. The highest BCUT2D eigenvalue weighted by molar-refractivity contribution is 9.10. The lowest BCUT2D eigenvalue weighted by molar-refractivity contribution is 0.0271. The summed E-state index contributed by atoms with van der Waals surface area (Å²) in [6, 6.07) is 3.65. The van der Waals surface area contributed by atoms with Gasteiger partial charge in [0.2, 0.25) is 0 Å². The van der Waals surface area contributed by atoms with Crippen LogP contribution in [-0.4, -0.2) is 31.9 Å². The highest BCUT2D eigenvalue weighted by atomic mass is 79.9. The third kappa shape index (κ3) is 2.16. The van der Waals surface area contributed by atoms with Crippen molar-refractivity contribution in [3.05, 3.63) is 22.2 Å². The van der Waals surface area contributed by atoms with Gasteiger partial charge in [0, 0.05) is 18.7 Å². The Kier molecular flexibility index (Phi) is 3.68. The van der Waals surface area contributed by atoms with E-state index in [0.717, 1.165) is 18.7 Å². The summed E-state index contributed by atoms with van der Waals surface area (Å²) < 4.78 is 11.3. The van der Waals surface area contributed by atoms with Gasteiger partial charge >= 0.3 is 0 Å². The molecule has 0 saturated carbocycles. The van der Waals surface area contributed by atoms with Crippen molar-refractivity contribution in [2.45, 2.75) is 6.10 Å². The monoisotopic (exact) mass is 287 g/mol. The van der Waals surface area contributed by atoms with Crippen molar-refractivity contribution in [2.24, 2.45) is 0 Å². The lowest BCUT2D eigenvalue weighted by Gasteiger charge is -2.25. The maximum atomic E-state index is 9.86. The van der Waals surface area contributed by atoms with Gasteiger partial charge in [-0.25, -0.2) is 0 Å². The number of morpholine rings is 1. The van der Waals surface area contributed by atoms with Crippen LogP contribution in [0.25, 0.3) is 0 Å². The third-order valence-electron chi connectivity index (χ3n) is 2.60. The zero-order valence-corrected chi connectivity index (χ0v) is 10.6. The molecule has 1 heterocycles. The molecule has 0 aliphatic carbocycles. The van der Waals surface area contributed by atoms with Gasteiger partial charge in [-0.2, -0.15) is 0 Å². The standard InChI is InChI=1S/C11H14BrNO3/c1-15-8-3-2-7(10(12)11(8)14)9-6-13-4-5-16-9/h2-3,9,13-14H,4-6H2,1H3. The number of nitrogens with one attached hydrogen (secondary N) is 1. The number of rotatable bonds is 2. The van der Waals surface area contributed by atoms with E-state index in [9.17, 15) is 5.11 Å². The minimum Gasteiger partial charge on any atom is -0.503 e. The van der Waals surface area contributed by atoms with E-state index < -0.39 is 0 Å². The highest BCUT2D eigenvalue weighted by Crippen LogP contribution is 2.39. The van der Waals surface area contributed by atoms with E-state index in [2.05, 4.69) is 21.2 Å². The van der Waals surface area contributed by atoms with Gasteiger partial charge in [-0.3, -0.25) is 0 Å². The van der Waals surface area contributed by atoms with E-state index in [4.69, 9.17) is 9.47 Å². The molecule has 2 N–H and O–H groups in total. The predicted octanol–water partition coefficient (Wildman–Crippen LogP) is 1.82. The topological polar surface area (TPSA) is 50.7 Å². The number of methoxy groups -OCH3 is 1. The van der Waals surface area contributed by atoms with Crippen LogP contribution in [-0.2, 0) is 4.74 Å². The maximum Gasteiger partial charge on any atom is 0.172 e. The summed E-state index contributed by atoms with van der Waals surface area (Å²) >= 11 is 3.37. The quantitative estimate of drug-likeness (QED) is 0.871. The SMILES string of the molecule is COc1ccc(C2CNCCO2)c(Br)c1O. The van der Waals surface area contributed by atoms with Crippen LogP contribution in [0.2, 0.25) is 0 Å². The van der Waals surface area contributed by atoms with Crippen LogP contribution in [0, 0.1) is 0 Å². The molecule has 1 saturated heterocycles. The van der Waals surface area contributed by atoms with Crippen molar-refractivity contribution in [3.8, 4) is 11.5 Å². The second-order valence-corrected chi connectivity index (χ2v) is 4.38. The molecule has 1 aromatic carbocycles. The normalized spacial score (nSPS) is 20.8. The molecule has 0 bridgehead atoms. The second kappa shape index (κ2) is 5.03. The first kappa shape index (κ1) is 11.7. The van der Waals surface area contributed by atoms with Gasteiger partial charge in [0.25, 0.3) is 0 Å². The molecule has 1 atom stereocenters. The summed E-state index contributed by atoms with van der Waals surface area (Å²) in [5, 5.41) is 13.1. The van der Waals surface area contributed by atoms with E-state index in [1.807, 2.05) is 6.07 Å². The lowest BCUT2D eigenvalue weighted by atomic mass is 10.1. The Morgan fingerprint density at radius 3 is 3.00 bits per heavy atom. The molecule has 2 rings (SSSR count). The molecule has 0 radical (unpaired) electrons. The third-order valence-corrected chi connectivity index (χ3v) is 3.44. The van der Waals surface area contributed by atoms with Crippen LogP contribution in [0.15, 0.2) is 16.6 Å². The minimum atomic E-state index is -0.0278. The summed E-state index contributed by atoms with van der Waals surface area (Å²) in [5.41, 5.74) is 0.936. The number of halogens is 1. The Morgan fingerprint density at radius 2 is 2.38 bits per heavy atom. The summed E-state index contributed by atoms with van der Waals surface area (Å²) in [6.45, 7) is 2.31. The van der Waals surface area contributed by atoms with E-state index in [-0.39, 0.29) is 11.9 Å². The number of hydrogen-bond acceptors (Lipinski definition) is 4. The Balaban J connectivity index is 2.30. The lowest BCUT2D eigenvalue weighted by Crippen LogP contribution is -2.33. The molecule has 1 aromatic rings. The molecule has 88 valence electrons. The van der Waals surface area contributed by atoms with Crippen molar-refractivity contribution >= 4 is 15.9 Å². The fourth-order valence-electron chi connectivity index (χ4n) is 1.74. The molecule has 4 nitrogen and oxygen atoms in total. The second-order valence-electron chi connectivity index (χ2n) is 3.58. The van der Waals surface area contributed by atoms with Gasteiger partial charge in [-0.15, -0.1) is 0 Å². The Bertz CT molecular complexity index is 378. The number of benzene rings is 1. The minimum absolute atomic E-state index is 0.0278. The molecule has 1 fully saturated rings. The van der Waals surface area contributed by atoms with Crippen LogP contribution in [0.5, 0.6) is 11.5 Å². The van der Waals surface area contributed by atoms with Gasteiger partial charge in [0.05, 0.1) is 24.3 Å². The van der Waals surface area contributed by atoms with Crippen molar-refractivity contribution in [1.82, 2.24) is 5.32 Å². The Labute approximate surface area is 103 Å². The molecular formula is C11H14BrNO3. The van der Waals surface area contributed by atoms with Crippen LogP contribution in [0.4, 0.5) is 0 Å². The number of phenolic OH excluding ortho intramolecular Hbond substituents is 1. The maximum absolute atomic E-state index is 9.86. The van der Waals surface area contributed by atoms with Gasteiger partial charge in [0.15, 0.2) is 11.5 Å². The van der Waals surface area contributed by atoms with Crippen LogP contribution in [0.3, 0.4) is 0 Å². The average molecular weight is 288 g/mol. The van der Waals surface area contributed by atoms with Gasteiger partial charge in [-0.05, 0) is 22.0 Å². The van der Waals surface area contributed by atoms with Crippen molar-refractivity contribution in [2.75, 3.05) is 26.8 Å². The van der Waals surface area contributed by atoms with Crippen LogP contribution in [0.1, 0.15) is 11.7 Å². The number of phenols is 1. The molecule has 0 aromatic heterocycles. The molecule has 0 spiro atoms. The number of hydrogen-bond donors (Lipinski definition) is 2. The molecule has 16 heavy (non-hydrogen) atoms.